The first-order valence-corrected chi connectivity index (χ1v) is 6.90. The minimum absolute atomic E-state index is 0.111. The molecular weight excluding hydrogens is 230 g/mol. The van der Waals surface area contributed by atoms with Crippen LogP contribution in [0.3, 0.4) is 0 Å². The van der Waals surface area contributed by atoms with Crippen molar-refractivity contribution in [2.75, 3.05) is 5.32 Å². The van der Waals surface area contributed by atoms with Crippen LogP contribution in [0.2, 0.25) is 0 Å². The van der Waals surface area contributed by atoms with Gasteiger partial charge in [0.1, 0.15) is 5.69 Å². The third-order valence-electron chi connectivity index (χ3n) is 3.38. The third kappa shape index (κ3) is 3.59. The molecule has 0 saturated heterocycles. The lowest BCUT2D eigenvalue weighted by Crippen LogP contribution is -2.36. The summed E-state index contributed by atoms with van der Waals surface area (Å²) in [6.45, 7) is 4.22. The Hall–Kier alpha value is -1.32. The van der Waals surface area contributed by atoms with Gasteiger partial charge in [-0.2, -0.15) is 0 Å². The summed E-state index contributed by atoms with van der Waals surface area (Å²) in [5.41, 5.74) is -1.24. The molecule has 4 heteroatoms. The first kappa shape index (κ1) is 14.7. The van der Waals surface area contributed by atoms with Crippen LogP contribution in [0.1, 0.15) is 58.8 Å². The van der Waals surface area contributed by atoms with Gasteiger partial charge in [0.05, 0.1) is 0 Å². The molecule has 1 aromatic rings. The summed E-state index contributed by atoms with van der Waals surface area (Å²) in [7, 11) is 0. The Kier molecular flexibility index (Phi) is 5.89. The highest BCUT2D eigenvalue weighted by molar-refractivity contribution is 5.61. The van der Waals surface area contributed by atoms with E-state index in [4.69, 9.17) is 0 Å². The van der Waals surface area contributed by atoms with E-state index in [9.17, 15) is 14.7 Å². The average molecular weight is 253 g/mol. The van der Waals surface area contributed by atoms with Crippen molar-refractivity contribution in [3.63, 3.8) is 0 Å². The van der Waals surface area contributed by atoms with Gasteiger partial charge in [0.2, 0.25) is 0 Å². The first-order chi connectivity index (χ1) is 8.61. The highest BCUT2D eigenvalue weighted by Crippen LogP contribution is 2.19. The van der Waals surface area contributed by atoms with Gasteiger partial charge < -0.3 is 10.4 Å². The maximum absolute atomic E-state index is 11.2. The SMILES string of the molecule is CCCCCCCC(CC)Nc1c(O)c(=O)c1=O. The second kappa shape index (κ2) is 7.19. The fourth-order valence-corrected chi connectivity index (χ4v) is 2.09. The number of anilines is 1. The van der Waals surface area contributed by atoms with Crippen LogP contribution in [0.15, 0.2) is 9.59 Å². The monoisotopic (exact) mass is 253 g/mol. The van der Waals surface area contributed by atoms with Crippen LogP contribution >= 0.6 is 0 Å². The molecule has 2 N–H and O–H groups in total. The summed E-state index contributed by atoms with van der Waals surface area (Å²) in [6.07, 6.45) is 7.91. The van der Waals surface area contributed by atoms with Crippen LogP contribution in [-0.2, 0) is 0 Å². The predicted octanol–water partition coefficient (Wildman–Crippen LogP) is 2.54. The Morgan fingerprint density at radius 2 is 1.72 bits per heavy atom. The minimum Gasteiger partial charge on any atom is -0.502 e. The molecule has 4 nitrogen and oxygen atoms in total. The summed E-state index contributed by atoms with van der Waals surface area (Å²) in [4.78, 5) is 22.1. The summed E-state index contributed by atoms with van der Waals surface area (Å²) in [5.74, 6) is -0.399. The Morgan fingerprint density at radius 1 is 1.06 bits per heavy atom. The van der Waals surface area contributed by atoms with E-state index in [0.29, 0.717) is 0 Å². The lowest BCUT2D eigenvalue weighted by molar-refractivity contribution is 0.462. The molecular formula is C14H23NO3. The second-order valence-corrected chi connectivity index (χ2v) is 4.83. The second-order valence-electron chi connectivity index (χ2n) is 4.83. The number of unbranched alkanes of at least 4 members (excludes halogenated alkanes) is 4. The van der Waals surface area contributed by atoms with E-state index in [1.165, 1.54) is 25.7 Å². The van der Waals surface area contributed by atoms with Crippen molar-refractivity contribution in [1.82, 2.24) is 0 Å². The van der Waals surface area contributed by atoms with E-state index in [1.54, 1.807) is 0 Å². The van der Waals surface area contributed by atoms with Crippen molar-refractivity contribution in [3.8, 4) is 5.75 Å². The van der Waals surface area contributed by atoms with E-state index < -0.39 is 16.6 Å². The highest BCUT2D eigenvalue weighted by Gasteiger charge is 2.21. The first-order valence-electron chi connectivity index (χ1n) is 6.90. The Morgan fingerprint density at radius 3 is 2.28 bits per heavy atom. The van der Waals surface area contributed by atoms with Gasteiger partial charge in [-0.25, -0.2) is 0 Å². The summed E-state index contributed by atoms with van der Waals surface area (Å²) >= 11 is 0. The molecule has 1 unspecified atom stereocenters. The molecule has 0 heterocycles. The quantitative estimate of drug-likeness (QED) is 0.524. The van der Waals surface area contributed by atoms with Crippen molar-refractivity contribution in [2.45, 2.75) is 64.8 Å². The zero-order valence-electron chi connectivity index (χ0n) is 11.3. The van der Waals surface area contributed by atoms with Gasteiger partial charge in [-0.15, -0.1) is 0 Å². The van der Waals surface area contributed by atoms with Crippen LogP contribution in [0.5, 0.6) is 5.75 Å². The Labute approximate surface area is 108 Å². The van der Waals surface area contributed by atoms with Crippen molar-refractivity contribution < 1.29 is 5.11 Å². The van der Waals surface area contributed by atoms with Gasteiger partial charge in [-0.3, -0.25) is 9.59 Å². The molecule has 0 radical (unpaired) electrons. The molecule has 0 fully saturated rings. The number of hydrogen-bond acceptors (Lipinski definition) is 4. The van der Waals surface area contributed by atoms with Crippen molar-refractivity contribution in [2.24, 2.45) is 0 Å². The molecule has 102 valence electrons. The van der Waals surface area contributed by atoms with Crippen LogP contribution in [0.4, 0.5) is 5.69 Å². The molecule has 18 heavy (non-hydrogen) atoms. The van der Waals surface area contributed by atoms with Gasteiger partial charge in [-0.05, 0) is 12.8 Å². The van der Waals surface area contributed by atoms with Crippen LogP contribution < -0.4 is 16.2 Å². The normalized spacial score (nSPS) is 12.8. The largest absolute Gasteiger partial charge is 0.502 e. The zero-order valence-corrected chi connectivity index (χ0v) is 11.3. The predicted molar refractivity (Wildman–Crippen MR) is 74.1 cm³/mol. The van der Waals surface area contributed by atoms with Gasteiger partial charge in [0.15, 0.2) is 5.75 Å². The lowest BCUT2D eigenvalue weighted by Gasteiger charge is -2.19. The number of aromatic hydroxyl groups is 1. The van der Waals surface area contributed by atoms with Gasteiger partial charge in [0.25, 0.3) is 10.9 Å². The smallest absolute Gasteiger partial charge is 0.271 e. The van der Waals surface area contributed by atoms with Crippen LogP contribution in [-0.4, -0.2) is 11.1 Å². The molecule has 0 saturated carbocycles. The molecule has 0 aliphatic heterocycles. The maximum Gasteiger partial charge on any atom is 0.271 e. The molecule has 0 amide bonds. The molecule has 1 aromatic carbocycles. The topological polar surface area (TPSA) is 66.4 Å². The van der Waals surface area contributed by atoms with Gasteiger partial charge in [0, 0.05) is 6.04 Å². The summed E-state index contributed by atoms with van der Waals surface area (Å²) < 4.78 is 0. The van der Waals surface area contributed by atoms with Gasteiger partial charge in [-0.1, -0.05) is 46.0 Å². The van der Waals surface area contributed by atoms with Crippen molar-refractivity contribution in [1.29, 1.82) is 0 Å². The standard InChI is InChI=1S/C14H23NO3/c1-3-5-6-7-8-9-10(4-2)15-11-12(16)14(18)13(11)17/h10,15-16H,3-9H2,1-2H3. The molecule has 0 bridgehead atoms. The summed E-state index contributed by atoms with van der Waals surface area (Å²) in [6, 6.07) is 0.167. The van der Waals surface area contributed by atoms with Crippen molar-refractivity contribution >= 4 is 5.69 Å². The minimum atomic E-state index is -0.768. The lowest BCUT2D eigenvalue weighted by atomic mass is 10.0. The molecule has 0 aliphatic carbocycles. The number of nitrogens with one attached hydrogen (secondary N) is 1. The van der Waals surface area contributed by atoms with E-state index in [-0.39, 0.29) is 11.7 Å². The summed E-state index contributed by atoms with van der Waals surface area (Å²) in [5, 5.41) is 12.3. The molecule has 1 atom stereocenters. The fourth-order valence-electron chi connectivity index (χ4n) is 2.09. The zero-order chi connectivity index (χ0) is 13.5. The van der Waals surface area contributed by atoms with Crippen molar-refractivity contribution in [3.05, 3.63) is 20.4 Å². The van der Waals surface area contributed by atoms with E-state index >= 15 is 0 Å². The van der Waals surface area contributed by atoms with Gasteiger partial charge >= 0.3 is 0 Å². The Balaban J connectivity index is 2.34. The molecule has 1 rings (SSSR count). The third-order valence-corrected chi connectivity index (χ3v) is 3.38. The van der Waals surface area contributed by atoms with Crippen LogP contribution in [0.25, 0.3) is 0 Å². The van der Waals surface area contributed by atoms with E-state index in [2.05, 4.69) is 12.2 Å². The molecule has 0 aromatic heterocycles. The average Bonchev–Trinajstić information content (AvgIpc) is 2.40. The fraction of sp³-hybridized carbons (Fsp3) is 0.714. The van der Waals surface area contributed by atoms with E-state index in [1.807, 2.05) is 6.92 Å². The highest BCUT2D eigenvalue weighted by atomic mass is 16.3. The molecule has 0 spiro atoms. The number of hydrogen-bond donors (Lipinski definition) is 2. The molecule has 0 aliphatic rings. The van der Waals surface area contributed by atoms with E-state index in [0.717, 1.165) is 19.3 Å². The Bertz CT molecular complexity index is 432. The number of rotatable bonds is 9. The van der Waals surface area contributed by atoms with Crippen LogP contribution in [0, 0.1) is 0 Å². The maximum atomic E-state index is 11.2.